The number of hydrogen-bond acceptors (Lipinski definition) is 3. The molecule has 1 rings (SSSR count). The molecule has 0 aliphatic rings. The highest BCUT2D eigenvalue weighted by molar-refractivity contribution is 5.89. The summed E-state index contributed by atoms with van der Waals surface area (Å²) in [4.78, 5) is 22.5. The van der Waals surface area contributed by atoms with Crippen LogP contribution in [0, 0.1) is 12.7 Å². The summed E-state index contributed by atoms with van der Waals surface area (Å²) in [6.45, 7) is 2.29. The summed E-state index contributed by atoms with van der Waals surface area (Å²) in [5.41, 5.74) is 1.25. The Morgan fingerprint density at radius 1 is 1.24 bits per heavy atom. The maximum atomic E-state index is 13.1. The molecule has 0 aliphatic heterocycles. The van der Waals surface area contributed by atoms with E-state index in [1.165, 1.54) is 19.2 Å². The van der Waals surface area contributed by atoms with E-state index in [-0.39, 0.29) is 12.0 Å². The van der Waals surface area contributed by atoms with E-state index < -0.39 is 5.82 Å². The van der Waals surface area contributed by atoms with E-state index in [1.54, 1.807) is 13.0 Å². The number of amides is 2. The van der Waals surface area contributed by atoms with Gasteiger partial charge in [0.05, 0.1) is 7.11 Å². The van der Waals surface area contributed by atoms with Gasteiger partial charge in [-0.1, -0.05) is 12.5 Å². The summed E-state index contributed by atoms with van der Waals surface area (Å²) < 4.78 is 17.6. The van der Waals surface area contributed by atoms with Crippen molar-refractivity contribution in [2.45, 2.75) is 32.6 Å². The van der Waals surface area contributed by atoms with Crippen LogP contribution in [-0.4, -0.2) is 25.7 Å². The van der Waals surface area contributed by atoms with Crippen molar-refractivity contribution in [3.05, 3.63) is 29.6 Å². The van der Waals surface area contributed by atoms with E-state index in [0.717, 1.165) is 24.8 Å². The van der Waals surface area contributed by atoms with Crippen molar-refractivity contribution in [3.8, 4) is 0 Å². The monoisotopic (exact) mass is 296 g/mol. The van der Waals surface area contributed by atoms with E-state index in [2.05, 4.69) is 15.4 Å². The summed E-state index contributed by atoms with van der Waals surface area (Å²) in [6.07, 6.45) is 2.73. The Morgan fingerprint density at radius 2 is 2.00 bits per heavy atom. The number of methoxy groups -OCH3 is 1. The number of carbonyl (C=O) groups excluding carboxylic acids is 2. The van der Waals surface area contributed by atoms with Crippen molar-refractivity contribution in [3.63, 3.8) is 0 Å². The number of halogens is 1. The molecule has 116 valence electrons. The first-order valence-electron chi connectivity index (χ1n) is 6.90. The summed E-state index contributed by atoms with van der Waals surface area (Å²) in [5.74, 6) is -0.610. The Hall–Kier alpha value is -2.11. The highest BCUT2D eigenvalue weighted by atomic mass is 19.1. The molecule has 21 heavy (non-hydrogen) atoms. The molecule has 0 heterocycles. The number of rotatable bonds is 7. The lowest BCUT2D eigenvalue weighted by Gasteiger charge is -2.10. The average molecular weight is 296 g/mol. The van der Waals surface area contributed by atoms with Crippen molar-refractivity contribution >= 4 is 17.7 Å². The Balaban J connectivity index is 2.20. The third-order valence-corrected chi connectivity index (χ3v) is 3.02. The minimum atomic E-state index is -0.390. The molecule has 5 nitrogen and oxygen atoms in total. The van der Waals surface area contributed by atoms with Gasteiger partial charge in [0.25, 0.3) is 0 Å². The molecular formula is C15H21FN2O3. The van der Waals surface area contributed by atoms with Gasteiger partial charge >= 0.3 is 12.0 Å². The normalized spacial score (nSPS) is 10.0. The topological polar surface area (TPSA) is 67.4 Å². The number of esters is 1. The van der Waals surface area contributed by atoms with Crippen molar-refractivity contribution in [2.24, 2.45) is 0 Å². The van der Waals surface area contributed by atoms with Crippen molar-refractivity contribution in [1.82, 2.24) is 5.32 Å². The molecule has 0 unspecified atom stereocenters. The van der Waals surface area contributed by atoms with E-state index in [1.807, 2.05) is 0 Å². The predicted octanol–water partition coefficient (Wildman–Crippen LogP) is 2.99. The van der Waals surface area contributed by atoms with Gasteiger partial charge in [-0.05, 0) is 37.5 Å². The van der Waals surface area contributed by atoms with Gasteiger partial charge in [-0.25, -0.2) is 9.18 Å². The molecule has 0 saturated carbocycles. The first kappa shape index (κ1) is 16.9. The summed E-state index contributed by atoms with van der Waals surface area (Å²) >= 11 is 0. The molecule has 6 heteroatoms. The van der Waals surface area contributed by atoms with Gasteiger partial charge in [0.1, 0.15) is 5.82 Å². The maximum Gasteiger partial charge on any atom is 0.319 e. The van der Waals surface area contributed by atoms with Gasteiger partial charge in [0.15, 0.2) is 0 Å². The van der Waals surface area contributed by atoms with E-state index in [9.17, 15) is 14.0 Å². The number of carbonyl (C=O) groups is 2. The molecule has 0 atom stereocenters. The van der Waals surface area contributed by atoms with E-state index in [4.69, 9.17) is 0 Å². The highest BCUT2D eigenvalue weighted by Crippen LogP contribution is 2.15. The number of aryl methyl sites for hydroxylation is 1. The van der Waals surface area contributed by atoms with Gasteiger partial charge in [-0.2, -0.15) is 0 Å². The highest BCUT2D eigenvalue weighted by Gasteiger charge is 2.05. The number of urea groups is 1. The van der Waals surface area contributed by atoms with E-state index in [0.29, 0.717) is 18.7 Å². The van der Waals surface area contributed by atoms with Gasteiger partial charge < -0.3 is 15.4 Å². The third kappa shape index (κ3) is 6.74. The molecule has 0 bridgehead atoms. The van der Waals surface area contributed by atoms with Crippen LogP contribution >= 0.6 is 0 Å². The maximum absolute atomic E-state index is 13.1. The predicted molar refractivity (Wildman–Crippen MR) is 78.6 cm³/mol. The van der Waals surface area contributed by atoms with Crippen LogP contribution in [0.5, 0.6) is 0 Å². The second-order valence-electron chi connectivity index (χ2n) is 4.73. The second kappa shape index (κ2) is 8.94. The number of ether oxygens (including phenoxy) is 1. The zero-order valence-electron chi connectivity index (χ0n) is 12.4. The number of benzene rings is 1. The van der Waals surface area contributed by atoms with Crippen molar-refractivity contribution < 1.29 is 18.7 Å². The Labute approximate surface area is 123 Å². The van der Waals surface area contributed by atoms with Crippen LogP contribution in [0.1, 0.15) is 31.2 Å². The van der Waals surface area contributed by atoms with E-state index >= 15 is 0 Å². The van der Waals surface area contributed by atoms with Gasteiger partial charge in [0, 0.05) is 18.7 Å². The Kier molecular flexibility index (Phi) is 7.21. The summed E-state index contributed by atoms with van der Waals surface area (Å²) in [5, 5.41) is 5.30. The van der Waals surface area contributed by atoms with Crippen LogP contribution in [0.25, 0.3) is 0 Å². The molecule has 2 N–H and O–H groups in total. The standard InChI is InChI=1S/C15H21FN2O3/c1-11-7-8-12(16)10-13(11)18-15(20)17-9-5-3-4-6-14(19)21-2/h7-8,10H,3-6,9H2,1-2H3,(H2,17,18,20). The lowest BCUT2D eigenvalue weighted by atomic mass is 10.2. The minimum absolute atomic E-state index is 0.220. The zero-order chi connectivity index (χ0) is 15.7. The summed E-state index contributed by atoms with van der Waals surface area (Å²) in [7, 11) is 1.36. The van der Waals surface area contributed by atoms with Crippen LogP contribution in [0.15, 0.2) is 18.2 Å². The summed E-state index contributed by atoms with van der Waals surface area (Å²) in [6, 6.07) is 3.87. The zero-order valence-corrected chi connectivity index (χ0v) is 12.4. The lowest BCUT2D eigenvalue weighted by molar-refractivity contribution is -0.140. The molecule has 0 fully saturated rings. The van der Waals surface area contributed by atoms with Gasteiger partial charge in [-0.15, -0.1) is 0 Å². The molecule has 0 radical (unpaired) electrons. The molecule has 1 aromatic carbocycles. The fourth-order valence-corrected chi connectivity index (χ4v) is 1.77. The number of unbranched alkanes of at least 4 members (excludes halogenated alkanes) is 2. The molecule has 2 amide bonds. The van der Waals surface area contributed by atoms with Gasteiger partial charge in [-0.3, -0.25) is 4.79 Å². The fourth-order valence-electron chi connectivity index (χ4n) is 1.77. The third-order valence-electron chi connectivity index (χ3n) is 3.02. The molecule has 0 spiro atoms. The number of anilines is 1. The Morgan fingerprint density at radius 3 is 2.71 bits per heavy atom. The SMILES string of the molecule is COC(=O)CCCCCNC(=O)Nc1cc(F)ccc1C. The fraction of sp³-hybridized carbons (Fsp3) is 0.467. The van der Waals surface area contributed by atoms with Gasteiger partial charge in [0.2, 0.25) is 0 Å². The van der Waals surface area contributed by atoms with Crippen LogP contribution < -0.4 is 10.6 Å². The number of hydrogen-bond donors (Lipinski definition) is 2. The second-order valence-corrected chi connectivity index (χ2v) is 4.73. The van der Waals surface area contributed by atoms with Crippen molar-refractivity contribution in [2.75, 3.05) is 19.0 Å². The Bertz CT molecular complexity index is 492. The first-order valence-corrected chi connectivity index (χ1v) is 6.90. The van der Waals surface area contributed by atoms with Crippen molar-refractivity contribution in [1.29, 1.82) is 0 Å². The van der Waals surface area contributed by atoms with Crippen LogP contribution in [-0.2, 0) is 9.53 Å². The molecule has 0 aliphatic carbocycles. The minimum Gasteiger partial charge on any atom is -0.469 e. The molecule has 1 aromatic rings. The number of nitrogens with one attached hydrogen (secondary N) is 2. The first-order chi connectivity index (χ1) is 10.0. The molecule has 0 saturated heterocycles. The molecule has 0 aromatic heterocycles. The molecular weight excluding hydrogens is 275 g/mol. The van der Waals surface area contributed by atoms with Crippen LogP contribution in [0.3, 0.4) is 0 Å². The largest absolute Gasteiger partial charge is 0.469 e. The van der Waals surface area contributed by atoms with Crippen LogP contribution in [0.2, 0.25) is 0 Å². The smallest absolute Gasteiger partial charge is 0.319 e. The van der Waals surface area contributed by atoms with Crippen LogP contribution in [0.4, 0.5) is 14.9 Å². The quantitative estimate of drug-likeness (QED) is 0.600. The lowest BCUT2D eigenvalue weighted by Crippen LogP contribution is -2.29. The average Bonchev–Trinajstić information content (AvgIpc) is 2.46.